The van der Waals surface area contributed by atoms with E-state index in [4.69, 9.17) is 5.73 Å². The Bertz CT molecular complexity index is 553. The van der Waals surface area contributed by atoms with Crippen LogP contribution in [0.5, 0.6) is 0 Å². The summed E-state index contributed by atoms with van der Waals surface area (Å²) < 4.78 is 0. The molecule has 0 atom stereocenters. The average Bonchev–Trinajstić information content (AvgIpc) is 2.95. The molecule has 21 heavy (non-hydrogen) atoms. The standard InChI is InChI=1S/C12H16N4O4S/c13-10(17)7-15(8-3-5-14-6-4-8)12(18)9-1-2-11(21-9)16(19)20/h1-2,8,14H,3-7H2,(H2,13,17). The van der Waals surface area contributed by atoms with Crippen LogP contribution in [0, 0.1) is 10.1 Å². The molecular weight excluding hydrogens is 296 g/mol. The van der Waals surface area contributed by atoms with E-state index < -0.39 is 10.8 Å². The molecule has 0 aromatic carbocycles. The van der Waals surface area contributed by atoms with Crippen LogP contribution in [0.3, 0.4) is 0 Å². The number of piperidine rings is 1. The van der Waals surface area contributed by atoms with Crippen LogP contribution in [-0.4, -0.2) is 47.3 Å². The van der Waals surface area contributed by atoms with Crippen LogP contribution < -0.4 is 11.1 Å². The van der Waals surface area contributed by atoms with E-state index in [0.29, 0.717) is 0 Å². The van der Waals surface area contributed by atoms with Crippen molar-refractivity contribution in [2.75, 3.05) is 19.6 Å². The zero-order valence-corrected chi connectivity index (χ0v) is 12.1. The van der Waals surface area contributed by atoms with Gasteiger partial charge in [-0.05, 0) is 32.0 Å². The Kier molecular flexibility index (Phi) is 4.86. The molecule has 0 aliphatic carbocycles. The number of hydrogen-bond donors (Lipinski definition) is 2. The van der Waals surface area contributed by atoms with Gasteiger partial charge in [-0.25, -0.2) is 0 Å². The third-order valence-corrected chi connectivity index (χ3v) is 4.34. The molecule has 8 nitrogen and oxygen atoms in total. The number of carbonyl (C=O) groups is 2. The summed E-state index contributed by atoms with van der Waals surface area (Å²) in [7, 11) is 0. The molecule has 0 saturated carbocycles. The van der Waals surface area contributed by atoms with E-state index in [9.17, 15) is 19.7 Å². The van der Waals surface area contributed by atoms with Gasteiger partial charge >= 0.3 is 5.00 Å². The Balaban J connectivity index is 2.19. The van der Waals surface area contributed by atoms with E-state index in [-0.39, 0.29) is 28.4 Å². The molecule has 2 rings (SSSR count). The average molecular weight is 312 g/mol. The first-order chi connectivity index (χ1) is 9.99. The molecule has 1 aromatic heterocycles. The largest absolute Gasteiger partial charge is 0.368 e. The highest BCUT2D eigenvalue weighted by molar-refractivity contribution is 7.17. The van der Waals surface area contributed by atoms with E-state index in [1.54, 1.807) is 0 Å². The van der Waals surface area contributed by atoms with Gasteiger partial charge in [0.2, 0.25) is 5.91 Å². The van der Waals surface area contributed by atoms with Crippen LogP contribution in [0.1, 0.15) is 22.5 Å². The van der Waals surface area contributed by atoms with Gasteiger partial charge in [-0.1, -0.05) is 11.3 Å². The number of rotatable bonds is 5. The number of thiophene rings is 1. The van der Waals surface area contributed by atoms with Gasteiger partial charge < -0.3 is 16.0 Å². The molecule has 0 bridgehead atoms. The lowest BCUT2D eigenvalue weighted by atomic mass is 10.0. The molecule has 0 unspecified atom stereocenters. The van der Waals surface area contributed by atoms with Crippen molar-refractivity contribution in [3.8, 4) is 0 Å². The first kappa shape index (κ1) is 15.4. The Labute approximate surface area is 125 Å². The smallest absolute Gasteiger partial charge is 0.324 e. The second kappa shape index (κ2) is 6.64. The number of nitrogens with one attached hydrogen (secondary N) is 1. The molecule has 0 spiro atoms. The summed E-state index contributed by atoms with van der Waals surface area (Å²) >= 11 is 0.810. The van der Waals surface area contributed by atoms with Crippen molar-refractivity contribution in [3.63, 3.8) is 0 Å². The summed E-state index contributed by atoms with van der Waals surface area (Å²) in [4.78, 5) is 35.5. The number of carbonyl (C=O) groups excluding carboxylic acids is 2. The zero-order chi connectivity index (χ0) is 15.4. The Morgan fingerprint density at radius 2 is 2.10 bits per heavy atom. The molecule has 0 radical (unpaired) electrons. The van der Waals surface area contributed by atoms with E-state index in [1.807, 2.05) is 0 Å². The fraction of sp³-hybridized carbons (Fsp3) is 0.500. The van der Waals surface area contributed by atoms with Crippen LogP contribution in [-0.2, 0) is 4.79 Å². The van der Waals surface area contributed by atoms with Crippen LogP contribution in [0.4, 0.5) is 5.00 Å². The molecule has 1 aliphatic rings. The highest BCUT2D eigenvalue weighted by Crippen LogP contribution is 2.26. The third kappa shape index (κ3) is 3.76. The quantitative estimate of drug-likeness (QED) is 0.600. The molecule has 2 heterocycles. The second-order valence-electron chi connectivity index (χ2n) is 4.78. The van der Waals surface area contributed by atoms with Gasteiger partial charge in [0.1, 0.15) is 0 Å². The van der Waals surface area contributed by atoms with Crippen molar-refractivity contribution in [1.29, 1.82) is 0 Å². The molecule has 2 amide bonds. The van der Waals surface area contributed by atoms with Crippen LogP contribution in [0.25, 0.3) is 0 Å². The minimum absolute atomic E-state index is 0.0765. The fourth-order valence-electron chi connectivity index (χ4n) is 2.34. The summed E-state index contributed by atoms with van der Waals surface area (Å²) in [5, 5.41) is 13.8. The van der Waals surface area contributed by atoms with Gasteiger partial charge in [-0.2, -0.15) is 0 Å². The summed E-state index contributed by atoms with van der Waals surface area (Å²) in [6.45, 7) is 1.35. The third-order valence-electron chi connectivity index (χ3n) is 3.32. The number of hydrogen-bond acceptors (Lipinski definition) is 6. The first-order valence-electron chi connectivity index (χ1n) is 6.53. The zero-order valence-electron chi connectivity index (χ0n) is 11.3. The lowest BCUT2D eigenvalue weighted by Crippen LogP contribution is -2.49. The molecule has 1 saturated heterocycles. The maximum absolute atomic E-state index is 12.5. The predicted octanol–water partition coefficient (Wildman–Crippen LogP) is 0.336. The highest BCUT2D eigenvalue weighted by atomic mass is 32.1. The van der Waals surface area contributed by atoms with Crippen LogP contribution >= 0.6 is 11.3 Å². The second-order valence-corrected chi connectivity index (χ2v) is 5.84. The van der Waals surface area contributed by atoms with E-state index in [2.05, 4.69) is 5.32 Å². The minimum atomic E-state index is -0.590. The topological polar surface area (TPSA) is 119 Å². The van der Waals surface area contributed by atoms with Crippen molar-refractivity contribution >= 4 is 28.2 Å². The monoisotopic (exact) mass is 312 g/mol. The summed E-state index contributed by atoms with van der Waals surface area (Å²) in [5.74, 6) is -0.966. The SMILES string of the molecule is NC(=O)CN(C(=O)c1ccc([N+](=O)[O-])s1)C1CCNCC1. The van der Waals surface area contributed by atoms with Crippen molar-refractivity contribution in [3.05, 3.63) is 27.1 Å². The molecular formula is C12H16N4O4S. The maximum Gasteiger partial charge on any atom is 0.324 e. The van der Waals surface area contributed by atoms with Crippen molar-refractivity contribution < 1.29 is 14.5 Å². The normalized spacial score (nSPS) is 15.6. The van der Waals surface area contributed by atoms with Gasteiger partial charge in [0.15, 0.2) is 0 Å². The summed E-state index contributed by atoms with van der Waals surface area (Å²) in [6.07, 6.45) is 1.46. The molecule has 114 valence electrons. The predicted molar refractivity (Wildman–Crippen MR) is 77.1 cm³/mol. The Morgan fingerprint density at radius 1 is 1.43 bits per heavy atom. The summed E-state index contributed by atoms with van der Waals surface area (Å²) in [5.41, 5.74) is 5.22. The lowest BCUT2D eigenvalue weighted by molar-refractivity contribution is -0.380. The molecule has 1 fully saturated rings. The maximum atomic E-state index is 12.5. The fourth-order valence-corrected chi connectivity index (χ4v) is 3.11. The van der Waals surface area contributed by atoms with Gasteiger partial charge in [-0.3, -0.25) is 19.7 Å². The van der Waals surface area contributed by atoms with Crippen LogP contribution in [0.15, 0.2) is 12.1 Å². The van der Waals surface area contributed by atoms with E-state index in [1.165, 1.54) is 17.0 Å². The minimum Gasteiger partial charge on any atom is -0.368 e. The highest BCUT2D eigenvalue weighted by Gasteiger charge is 2.29. The van der Waals surface area contributed by atoms with Crippen LogP contribution in [0.2, 0.25) is 0 Å². The molecule has 1 aromatic rings. The number of amides is 2. The van der Waals surface area contributed by atoms with Crippen molar-refractivity contribution in [1.82, 2.24) is 10.2 Å². The number of nitrogens with two attached hydrogens (primary N) is 1. The van der Waals surface area contributed by atoms with E-state index >= 15 is 0 Å². The number of nitro groups is 1. The Morgan fingerprint density at radius 3 is 2.62 bits per heavy atom. The molecule has 1 aliphatic heterocycles. The van der Waals surface area contributed by atoms with E-state index in [0.717, 1.165) is 37.3 Å². The number of primary amides is 1. The molecule has 3 N–H and O–H groups in total. The van der Waals surface area contributed by atoms with Gasteiger partial charge in [0.25, 0.3) is 5.91 Å². The van der Waals surface area contributed by atoms with Crippen molar-refractivity contribution in [2.45, 2.75) is 18.9 Å². The van der Waals surface area contributed by atoms with Gasteiger partial charge in [-0.15, -0.1) is 0 Å². The van der Waals surface area contributed by atoms with Gasteiger partial charge in [0.05, 0.1) is 16.3 Å². The van der Waals surface area contributed by atoms with Crippen molar-refractivity contribution in [2.24, 2.45) is 5.73 Å². The van der Waals surface area contributed by atoms with Gasteiger partial charge in [0, 0.05) is 12.1 Å². The summed E-state index contributed by atoms with van der Waals surface area (Å²) in [6, 6.07) is 2.63. The lowest BCUT2D eigenvalue weighted by Gasteiger charge is -2.33. The molecule has 9 heteroatoms. The Hall–Kier alpha value is -2.00. The number of nitrogens with zero attached hydrogens (tertiary/aromatic N) is 2. The first-order valence-corrected chi connectivity index (χ1v) is 7.35.